The third-order valence-electron chi connectivity index (χ3n) is 4.65. The van der Waals surface area contributed by atoms with Gasteiger partial charge < -0.3 is 15.6 Å². The van der Waals surface area contributed by atoms with E-state index < -0.39 is 11.9 Å². The van der Waals surface area contributed by atoms with Gasteiger partial charge in [-0.05, 0) is 36.6 Å². The lowest BCUT2D eigenvalue weighted by Crippen LogP contribution is -2.26. The lowest BCUT2D eigenvalue weighted by molar-refractivity contribution is -0.118. The minimum Gasteiger partial charge on any atom is -0.497 e. The zero-order valence-corrected chi connectivity index (χ0v) is 16.9. The number of nitrogens with two attached hydrogens (primary N) is 1. The molecule has 2 aromatic heterocycles. The molecule has 0 aliphatic heterocycles. The zero-order chi connectivity index (χ0) is 21.1. The molecule has 0 spiro atoms. The van der Waals surface area contributed by atoms with Crippen LogP contribution in [-0.4, -0.2) is 33.6 Å². The Morgan fingerprint density at radius 1 is 1.28 bits per heavy atom. The number of carbonyl (C=O) groups excluding carboxylic acids is 1. The van der Waals surface area contributed by atoms with Gasteiger partial charge in [0.15, 0.2) is 0 Å². The Balaban J connectivity index is 2.10. The van der Waals surface area contributed by atoms with E-state index in [2.05, 4.69) is 4.98 Å². The third kappa shape index (κ3) is 4.29. The lowest BCUT2D eigenvalue weighted by Gasteiger charge is -2.13. The first kappa shape index (κ1) is 20.5. The summed E-state index contributed by atoms with van der Waals surface area (Å²) < 4.78 is 6.68. The van der Waals surface area contributed by atoms with Crippen LogP contribution in [0.1, 0.15) is 39.5 Å². The van der Waals surface area contributed by atoms with Crippen molar-refractivity contribution in [1.29, 1.82) is 0 Å². The van der Waals surface area contributed by atoms with Crippen molar-refractivity contribution in [3.63, 3.8) is 0 Å². The Labute approximate surface area is 170 Å². The van der Waals surface area contributed by atoms with E-state index in [0.29, 0.717) is 34.4 Å². The Hall–Kier alpha value is -3.20. The molecule has 0 atom stereocenters. The molecule has 0 radical (unpaired) electrons. The first-order valence-electron chi connectivity index (χ1n) is 8.99. The van der Waals surface area contributed by atoms with Crippen LogP contribution in [0, 0.1) is 6.92 Å². The number of carboxylic acids is 1. The molecule has 0 aliphatic carbocycles. The summed E-state index contributed by atoms with van der Waals surface area (Å²) in [7, 11) is 1.58. The Bertz CT molecular complexity index is 1130. The van der Waals surface area contributed by atoms with Crippen LogP contribution in [0.4, 0.5) is 0 Å². The fraction of sp³-hybridized carbons (Fsp3) is 0.300. The van der Waals surface area contributed by atoms with Gasteiger partial charge in [-0.2, -0.15) is 0 Å². The summed E-state index contributed by atoms with van der Waals surface area (Å²) in [6.07, 6.45) is 0.924. The predicted molar refractivity (Wildman–Crippen MR) is 110 cm³/mol. The zero-order valence-electron chi connectivity index (χ0n) is 16.1. The number of hydrogen-bond donors (Lipinski definition) is 2. The Morgan fingerprint density at radius 3 is 2.55 bits per heavy atom. The number of aromatic nitrogens is 2. The average Bonchev–Trinajstić information content (AvgIpc) is 3.01. The van der Waals surface area contributed by atoms with Crippen molar-refractivity contribution >= 4 is 33.4 Å². The van der Waals surface area contributed by atoms with Crippen molar-refractivity contribution in [3.05, 3.63) is 56.4 Å². The molecule has 0 aliphatic rings. The number of methoxy groups -OCH3 is 1. The molecule has 152 valence electrons. The molecule has 3 rings (SSSR count). The van der Waals surface area contributed by atoms with Gasteiger partial charge in [0, 0.05) is 19.4 Å². The van der Waals surface area contributed by atoms with Gasteiger partial charge in [-0.1, -0.05) is 12.1 Å². The highest BCUT2D eigenvalue weighted by molar-refractivity contribution is 7.20. The molecule has 0 saturated heterocycles. The first-order chi connectivity index (χ1) is 13.8. The number of aryl methyl sites for hydroxylation is 1. The van der Waals surface area contributed by atoms with Crippen molar-refractivity contribution in [2.45, 2.75) is 32.7 Å². The highest BCUT2D eigenvalue weighted by Gasteiger charge is 2.21. The topological polar surface area (TPSA) is 125 Å². The van der Waals surface area contributed by atoms with Crippen LogP contribution in [0.25, 0.3) is 10.2 Å². The minimum absolute atomic E-state index is 0.106. The molecule has 9 heteroatoms. The number of thiophene rings is 1. The molecule has 3 aromatic rings. The Kier molecular flexibility index (Phi) is 5.97. The number of aromatic carboxylic acids is 1. The van der Waals surface area contributed by atoms with Gasteiger partial charge in [0.2, 0.25) is 5.91 Å². The second-order valence-corrected chi connectivity index (χ2v) is 7.62. The highest BCUT2D eigenvalue weighted by Crippen LogP contribution is 2.28. The molecule has 3 N–H and O–H groups in total. The number of rotatable bonds is 8. The van der Waals surface area contributed by atoms with E-state index in [0.717, 1.165) is 22.6 Å². The summed E-state index contributed by atoms with van der Waals surface area (Å²) in [6, 6.07) is 7.40. The van der Waals surface area contributed by atoms with E-state index in [1.807, 2.05) is 24.3 Å². The predicted octanol–water partition coefficient (Wildman–Crippen LogP) is 2.33. The molecule has 1 aromatic carbocycles. The SMILES string of the molecule is COc1ccc(Cc2nc3sc(C(=O)O)c(C)c3c(=O)n2CCCC(N)=O)cc1. The molecular weight excluding hydrogens is 394 g/mol. The van der Waals surface area contributed by atoms with Gasteiger partial charge in [0.1, 0.15) is 21.3 Å². The van der Waals surface area contributed by atoms with Crippen molar-refractivity contribution in [2.75, 3.05) is 7.11 Å². The summed E-state index contributed by atoms with van der Waals surface area (Å²) in [5.74, 6) is -0.295. The second kappa shape index (κ2) is 8.44. The molecule has 0 unspecified atom stereocenters. The molecule has 2 heterocycles. The largest absolute Gasteiger partial charge is 0.497 e. The number of benzene rings is 1. The second-order valence-electron chi connectivity index (χ2n) is 6.62. The molecule has 0 fully saturated rings. The lowest BCUT2D eigenvalue weighted by atomic mass is 10.1. The third-order valence-corrected chi connectivity index (χ3v) is 5.82. The maximum atomic E-state index is 13.2. The van der Waals surface area contributed by atoms with Gasteiger partial charge in [-0.25, -0.2) is 9.78 Å². The van der Waals surface area contributed by atoms with Crippen molar-refractivity contribution in [1.82, 2.24) is 9.55 Å². The summed E-state index contributed by atoms with van der Waals surface area (Å²) in [4.78, 5) is 40.9. The number of hydrogen-bond acceptors (Lipinski definition) is 6. The molecule has 1 amide bonds. The number of nitrogens with zero attached hydrogens (tertiary/aromatic N) is 2. The van der Waals surface area contributed by atoms with Crippen LogP contribution in [0.15, 0.2) is 29.1 Å². The van der Waals surface area contributed by atoms with Crippen molar-refractivity contribution < 1.29 is 19.4 Å². The summed E-state index contributed by atoms with van der Waals surface area (Å²) in [6.45, 7) is 1.89. The fourth-order valence-electron chi connectivity index (χ4n) is 3.17. The van der Waals surface area contributed by atoms with E-state index >= 15 is 0 Å². The van der Waals surface area contributed by atoms with Crippen molar-refractivity contribution in [3.8, 4) is 5.75 Å². The Morgan fingerprint density at radius 2 is 1.97 bits per heavy atom. The van der Waals surface area contributed by atoms with Crippen LogP contribution in [0.2, 0.25) is 0 Å². The van der Waals surface area contributed by atoms with Gasteiger partial charge >= 0.3 is 5.97 Å². The molecule has 29 heavy (non-hydrogen) atoms. The minimum atomic E-state index is -1.08. The van der Waals surface area contributed by atoms with E-state index in [-0.39, 0.29) is 23.4 Å². The average molecular weight is 415 g/mol. The number of carboxylic acid groups (broad SMARTS) is 1. The van der Waals surface area contributed by atoms with Gasteiger partial charge in [0.25, 0.3) is 5.56 Å². The van der Waals surface area contributed by atoms with Gasteiger partial charge in [-0.3, -0.25) is 14.2 Å². The van der Waals surface area contributed by atoms with Crippen molar-refractivity contribution in [2.24, 2.45) is 5.73 Å². The van der Waals surface area contributed by atoms with E-state index in [4.69, 9.17) is 10.5 Å². The molecular formula is C20H21N3O5S. The number of primary amides is 1. The summed E-state index contributed by atoms with van der Waals surface area (Å²) in [5, 5.41) is 9.70. The fourth-order valence-corrected chi connectivity index (χ4v) is 4.19. The van der Waals surface area contributed by atoms with Gasteiger partial charge in [0.05, 0.1) is 12.5 Å². The smallest absolute Gasteiger partial charge is 0.346 e. The number of fused-ring (bicyclic) bond motifs is 1. The summed E-state index contributed by atoms with van der Waals surface area (Å²) >= 11 is 0.996. The van der Waals surface area contributed by atoms with E-state index in [1.165, 1.54) is 4.57 Å². The summed E-state index contributed by atoms with van der Waals surface area (Å²) in [5.41, 5.74) is 6.25. The standard InChI is InChI=1S/C20H21N3O5S/c1-11-16-18(29-17(11)20(26)27)22-15(10-12-5-7-13(28-2)8-6-12)23(19(16)25)9-3-4-14(21)24/h5-8H,3-4,9-10H2,1-2H3,(H2,21,24)(H,26,27). The maximum absolute atomic E-state index is 13.2. The quantitative estimate of drug-likeness (QED) is 0.582. The van der Waals surface area contributed by atoms with Crippen LogP contribution < -0.4 is 16.0 Å². The number of amides is 1. The van der Waals surface area contributed by atoms with E-state index in [9.17, 15) is 19.5 Å². The van der Waals surface area contributed by atoms with E-state index in [1.54, 1.807) is 14.0 Å². The van der Waals surface area contributed by atoms with Crippen LogP contribution in [0.5, 0.6) is 5.75 Å². The van der Waals surface area contributed by atoms with Gasteiger partial charge in [-0.15, -0.1) is 11.3 Å². The van der Waals surface area contributed by atoms with Crippen LogP contribution in [-0.2, 0) is 17.8 Å². The normalized spacial score (nSPS) is 11.0. The van der Waals surface area contributed by atoms with Crippen LogP contribution >= 0.6 is 11.3 Å². The number of carbonyl (C=O) groups is 2. The molecule has 0 bridgehead atoms. The molecule has 8 nitrogen and oxygen atoms in total. The number of ether oxygens (including phenoxy) is 1. The molecule has 0 saturated carbocycles. The highest BCUT2D eigenvalue weighted by atomic mass is 32.1. The maximum Gasteiger partial charge on any atom is 0.346 e. The first-order valence-corrected chi connectivity index (χ1v) is 9.80. The monoisotopic (exact) mass is 415 g/mol. The van der Waals surface area contributed by atoms with Crippen LogP contribution in [0.3, 0.4) is 0 Å².